The number of hydrogen-bond acceptors (Lipinski definition) is 0. The zero-order valence-corrected chi connectivity index (χ0v) is 16.5. The molecule has 0 radical (unpaired) electrons. The Balaban J connectivity index is 1.49. The summed E-state index contributed by atoms with van der Waals surface area (Å²) in [4.78, 5) is 0. The van der Waals surface area contributed by atoms with Crippen LogP contribution in [-0.2, 0) is 0 Å². The molecule has 2 fully saturated rings. The topological polar surface area (TPSA) is 0 Å². The van der Waals surface area contributed by atoms with Crippen molar-refractivity contribution in [2.24, 2.45) is 11.8 Å². The van der Waals surface area contributed by atoms with Crippen LogP contribution in [0.15, 0.2) is 36.4 Å². The lowest BCUT2D eigenvalue weighted by molar-refractivity contribution is -0.0803. The zero-order valence-electron chi connectivity index (χ0n) is 16.5. The Labute approximate surface area is 162 Å². The molecule has 0 unspecified atom stereocenters. The van der Waals surface area contributed by atoms with E-state index in [1.165, 1.54) is 55.7 Å². The molecule has 2 saturated carbocycles. The SMILES string of the molecule is CCCC1CCC(c2ccc(C3CCC(C=CC(F)(F)F)CC3)cc2)CC1. The third kappa shape index (κ3) is 6.12. The molecule has 0 aliphatic heterocycles. The predicted molar refractivity (Wildman–Crippen MR) is 106 cm³/mol. The lowest BCUT2D eigenvalue weighted by Gasteiger charge is -2.30. The van der Waals surface area contributed by atoms with Crippen LogP contribution < -0.4 is 0 Å². The van der Waals surface area contributed by atoms with Gasteiger partial charge in [0.05, 0.1) is 0 Å². The van der Waals surface area contributed by atoms with Gasteiger partial charge in [-0.05, 0) is 86.2 Å². The van der Waals surface area contributed by atoms with Crippen LogP contribution in [0.2, 0.25) is 0 Å². The summed E-state index contributed by atoms with van der Waals surface area (Å²) in [5, 5.41) is 0. The highest BCUT2D eigenvalue weighted by molar-refractivity contribution is 5.28. The molecule has 1 aromatic carbocycles. The summed E-state index contributed by atoms with van der Waals surface area (Å²) in [6, 6.07) is 9.19. The summed E-state index contributed by atoms with van der Waals surface area (Å²) >= 11 is 0. The van der Waals surface area contributed by atoms with Gasteiger partial charge in [-0.15, -0.1) is 0 Å². The Kier molecular flexibility index (Phi) is 7.05. The minimum absolute atomic E-state index is 0.0838. The Morgan fingerprint density at radius 1 is 0.815 bits per heavy atom. The maximum absolute atomic E-state index is 12.3. The minimum atomic E-state index is -4.18. The average molecular weight is 379 g/mol. The van der Waals surface area contributed by atoms with Crippen molar-refractivity contribution in [3.05, 3.63) is 47.5 Å². The predicted octanol–water partition coefficient (Wildman–Crippen LogP) is 8.15. The Morgan fingerprint density at radius 2 is 1.30 bits per heavy atom. The van der Waals surface area contributed by atoms with E-state index in [9.17, 15) is 13.2 Å². The van der Waals surface area contributed by atoms with E-state index >= 15 is 0 Å². The van der Waals surface area contributed by atoms with Gasteiger partial charge in [0.25, 0.3) is 0 Å². The van der Waals surface area contributed by atoms with Gasteiger partial charge in [0, 0.05) is 6.08 Å². The molecule has 0 N–H and O–H groups in total. The quantitative estimate of drug-likeness (QED) is 0.453. The second kappa shape index (κ2) is 9.30. The van der Waals surface area contributed by atoms with Gasteiger partial charge in [-0.1, -0.05) is 50.1 Å². The molecule has 0 atom stereocenters. The third-order valence-corrected chi connectivity index (χ3v) is 6.75. The highest BCUT2D eigenvalue weighted by Gasteiger charge is 2.26. The van der Waals surface area contributed by atoms with Crippen molar-refractivity contribution in [2.75, 3.05) is 0 Å². The van der Waals surface area contributed by atoms with E-state index < -0.39 is 6.18 Å². The maximum Gasteiger partial charge on any atom is 0.409 e. The van der Waals surface area contributed by atoms with Crippen LogP contribution in [0.3, 0.4) is 0 Å². The molecule has 1 aromatic rings. The van der Waals surface area contributed by atoms with E-state index in [0.29, 0.717) is 12.0 Å². The van der Waals surface area contributed by atoms with Gasteiger partial charge >= 0.3 is 6.18 Å². The molecule has 0 spiro atoms. The molecule has 27 heavy (non-hydrogen) atoms. The first-order valence-electron chi connectivity index (χ1n) is 10.8. The van der Waals surface area contributed by atoms with Gasteiger partial charge in [-0.2, -0.15) is 13.2 Å². The lowest BCUT2D eigenvalue weighted by Crippen LogP contribution is -2.14. The summed E-state index contributed by atoms with van der Waals surface area (Å²) < 4.78 is 36.9. The highest BCUT2D eigenvalue weighted by Crippen LogP contribution is 2.40. The van der Waals surface area contributed by atoms with Gasteiger partial charge in [-0.3, -0.25) is 0 Å². The van der Waals surface area contributed by atoms with Gasteiger partial charge < -0.3 is 0 Å². The van der Waals surface area contributed by atoms with Crippen molar-refractivity contribution in [3.63, 3.8) is 0 Å². The van der Waals surface area contributed by atoms with E-state index in [-0.39, 0.29) is 5.92 Å². The van der Waals surface area contributed by atoms with Crippen LogP contribution in [0.4, 0.5) is 13.2 Å². The average Bonchev–Trinajstić information content (AvgIpc) is 2.67. The summed E-state index contributed by atoms with van der Waals surface area (Å²) in [5.41, 5.74) is 2.85. The zero-order chi connectivity index (χ0) is 19.3. The second-order valence-electron chi connectivity index (χ2n) is 8.69. The molecule has 0 heterocycles. The summed E-state index contributed by atoms with van der Waals surface area (Å²) in [5.74, 6) is 2.25. The van der Waals surface area contributed by atoms with Crippen LogP contribution in [0, 0.1) is 11.8 Å². The van der Waals surface area contributed by atoms with Gasteiger partial charge in [0.1, 0.15) is 0 Å². The molecular formula is C24H33F3. The number of halogens is 3. The number of hydrogen-bond donors (Lipinski definition) is 0. The standard InChI is InChI=1S/C24H33F3/c1-2-3-18-4-8-20(9-5-18)22-12-14-23(15-13-22)21-10-6-19(7-11-21)16-17-24(25,26)27/h12-21H,2-11H2,1H3. The van der Waals surface area contributed by atoms with Crippen molar-refractivity contribution < 1.29 is 13.2 Å². The van der Waals surface area contributed by atoms with Crippen LogP contribution in [-0.4, -0.2) is 6.18 Å². The summed E-state index contributed by atoms with van der Waals surface area (Å²) in [7, 11) is 0. The molecule has 0 aromatic heterocycles. The van der Waals surface area contributed by atoms with E-state index in [4.69, 9.17) is 0 Å². The van der Waals surface area contributed by atoms with Crippen LogP contribution >= 0.6 is 0 Å². The van der Waals surface area contributed by atoms with E-state index in [1.54, 1.807) is 0 Å². The van der Waals surface area contributed by atoms with Crippen molar-refractivity contribution in [3.8, 4) is 0 Å². The minimum Gasteiger partial charge on any atom is -0.167 e. The largest absolute Gasteiger partial charge is 0.409 e. The first-order chi connectivity index (χ1) is 12.9. The fraction of sp³-hybridized carbons (Fsp3) is 0.667. The monoisotopic (exact) mass is 378 g/mol. The van der Waals surface area contributed by atoms with Gasteiger partial charge in [0.15, 0.2) is 0 Å². The molecule has 0 amide bonds. The molecule has 2 aliphatic carbocycles. The molecule has 0 nitrogen and oxygen atoms in total. The highest BCUT2D eigenvalue weighted by atomic mass is 19.4. The van der Waals surface area contributed by atoms with Gasteiger partial charge in [0.2, 0.25) is 0 Å². The molecule has 0 saturated heterocycles. The fourth-order valence-electron chi connectivity index (χ4n) is 5.12. The maximum atomic E-state index is 12.3. The van der Waals surface area contributed by atoms with Gasteiger partial charge in [-0.25, -0.2) is 0 Å². The molecule has 150 valence electrons. The smallest absolute Gasteiger partial charge is 0.167 e. The van der Waals surface area contributed by atoms with Crippen molar-refractivity contribution in [1.29, 1.82) is 0 Å². The Hall–Kier alpha value is -1.25. The third-order valence-electron chi connectivity index (χ3n) is 6.75. The fourth-order valence-corrected chi connectivity index (χ4v) is 5.12. The number of allylic oxidation sites excluding steroid dienone is 2. The molecule has 3 rings (SSSR count). The van der Waals surface area contributed by atoms with Crippen LogP contribution in [0.1, 0.15) is 94.1 Å². The number of benzene rings is 1. The molecule has 3 heteroatoms. The number of rotatable bonds is 5. The summed E-state index contributed by atoms with van der Waals surface area (Å²) in [6.45, 7) is 2.28. The first-order valence-corrected chi connectivity index (χ1v) is 10.8. The van der Waals surface area contributed by atoms with Crippen molar-refractivity contribution >= 4 is 0 Å². The Bertz CT molecular complexity index is 583. The van der Waals surface area contributed by atoms with Crippen molar-refractivity contribution in [2.45, 2.75) is 89.1 Å². The second-order valence-corrected chi connectivity index (χ2v) is 8.69. The van der Waals surface area contributed by atoms with Crippen LogP contribution in [0.25, 0.3) is 0 Å². The normalized spacial score (nSPS) is 29.9. The van der Waals surface area contributed by atoms with E-state index in [0.717, 1.165) is 37.5 Å². The molecule has 2 aliphatic rings. The van der Waals surface area contributed by atoms with E-state index in [1.807, 2.05) is 0 Å². The van der Waals surface area contributed by atoms with Crippen LogP contribution in [0.5, 0.6) is 0 Å². The number of alkyl halides is 3. The molecular weight excluding hydrogens is 345 g/mol. The summed E-state index contributed by atoms with van der Waals surface area (Å²) in [6.07, 6.45) is 9.39. The first kappa shape index (κ1) is 20.5. The van der Waals surface area contributed by atoms with E-state index in [2.05, 4.69) is 31.2 Å². The lowest BCUT2D eigenvalue weighted by atomic mass is 9.76. The molecule has 0 bridgehead atoms. The Morgan fingerprint density at radius 3 is 1.74 bits per heavy atom. The van der Waals surface area contributed by atoms with Crippen molar-refractivity contribution in [1.82, 2.24) is 0 Å².